The third-order valence-electron chi connectivity index (χ3n) is 1.52. The Kier molecular flexibility index (Phi) is 4.84. The van der Waals surface area contributed by atoms with Crippen molar-refractivity contribution in [2.75, 3.05) is 6.61 Å². The van der Waals surface area contributed by atoms with Crippen LogP contribution in [0.1, 0.15) is 13.8 Å². The van der Waals surface area contributed by atoms with Gasteiger partial charge in [0.1, 0.15) is 0 Å². The molecule has 0 fully saturated rings. The van der Waals surface area contributed by atoms with Gasteiger partial charge in [-0.3, -0.25) is 0 Å². The van der Waals surface area contributed by atoms with E-state index >= 15 is 0 Å². The van der Waals surface area contributed by atoms with Crippen LogP contribution in [0.5, 0.6) is 0 Å². The highest BCUT2D eigenvalue weighted by molar-refractivity contribution is 5.60. The number of hydrogen-bond acceptors (Lipinski definition) is 3. The third kappa shape index (κ3) is 3.91. The topological polar surface area (TPSA) is 35.5 Å². The van der Waals surface area contributed by atoms with E-state index in [0.29, 0.717) is 0 Å². The van der Waals surface area contributed by atoms with Crippen molar-refractivity contribution >= 4 is 6.16 Å². The quantitative estimate of drug-likeness (QED) is 0.587. The first-order chi connectivity index (χ1) is 7.81. The highest BCUT2D eigenvalue weighted by atomic mass is 19.4. The lowest BCUT2D eigenvalue weighted by Crippen LogP contribution is -2.54. The van der Waals surface area contributed by atoms with Crippen LogP contribution in [0.15, 0.2) is 0 Å². The Hall–Kier alpha value is -1.22. The minimum Gasteiger partial charge on any atom is -0.432 e. The van der Waals surface area contributed by atoms with Gasteiger partial charge in [0.25, 0.3) is 0 Å². The predicted octanol–water partition coefficient (Wildman–Crippen LogP) is 3.38. The van der Waals surface area contributed by atoms with Gasteiger partial charge in [-0.2, -0.15) is 30.7 Å². The molecule has 108 valence electrons. The third-order valence-corrected chi connectivity index (χ3v) is 1.52. The molecule has 0 aliphatic heterocycles. The lowest BCUT2D eigenvalue weighted by atomic mass is 10.2. The summed E-state index contributed by atoms with van der Waals surface area (Å²) in [4.78, 5) is 10.6. The smallest absolute Gasteiger partial charge is 0.432 e. The monoisotopic (exact) mass is 286 g/mol. The molecule has 0 aromatic carbocycles. The second kappa shape index (κ2) is 5.19. The van der Waals surface area contributed by atoms with E-state index in [2.05, 4.69) is 9.47 Å². The van der Waals surface area contributed by atoms with E-state index in [4.69, 9.17) is 0 Å². The minimum absolute atomic E-state index is 0.797. The number of alkyl halides is 7. The summed E-state index contributed by atoms with van der Waals surface area (Å²) in [5.41, 5.74) is 0. The van der Waals surface area contributed by atoms with Gasteiger partial charge < -0.3 is 9.47 Å². The molecule has 0 amide bonds. The molecular formula is C8H9F7O3. The van der Waals surface area contributed by atoms with E-state index in [9.17, 15) is 35.5 Å². The van der Waals surface area contributed by atoms with Gasteiger partial charge in [0.05, 0.1) is 6.10 Å². The summed E-state index contributed by atoms with van der Waals surface area (Å²) in [7, 11) is 0. The van der Waals surface area contributed by atoms with E-state index in [1.54, 1.807) is 0 Å². The molecule has 0 radical (unpaired) electrons. The molecule has 0 aromatic heterocycles. The van der Waals surface area contributed by atoms with E-state index < -0.39 is 36.9 Å². The molecule has 0 aromatic rings. The molecule has 0 aliphatic rings. The molecule has 0 saturated heterocycles. The average molecular weight is 286 g/mol. The van der Waals surface area contributed by atoms with Crippen LogP contribution < -0.4 is 0 Å². The normalized spacial score (nSPS) is 13.7. The first-order valence-electron chi connectivity index (χ1n) is 4.47. The fraction of sp³-hybridized carbons (Fsp3) is 0.875. The molecule has 0 spiro atoms. The maximum atomic E-state index is 12.6. The Morgan fingerprint density at radius 2 is 1.50 bits per heavy atom. The van der Waals surface area contributed by atoms with Gasteiger partial charge >= 0.3 is 24.2 Å². The lowest BCUT2D eigenvalue weighted by molar-refractivity contribution is -0.359. The Morgan fingerprint density at radius 1 is 1.06 bits per heavy atom. The van der Waals surface area contributed by atoms with Crippen molar-refractivity contribution in [1.29, 1.82) is 0 Å². The van der Waals surface area contributed by atoms with Gasteiger partial charge in [-0.15, -0.1) is 0 Å². The molecule has 10 heteroatoms. The van der Waals surface area contributed by atoms with Gasteiger partial charge in [-0.05, 0) is 13.8 Å². The van der Waals surface area contributed by atoms with Crippen molar-refractivity contribution in [2.45, 2.75) is 38.0 Å². The zero-order chi connectivity index (χ0) is 14.8. The van der Waals surface area contributed by atoms with Crippen LogP contribution in [0.2, 0.25) is 0 Å². The Labute approximate surface area is 96.8 Å². The van der Waals surface area contributed by atoms with Crippen molar-refractivity contribution in [3.63, 3.8) is 0 Å². The fourth-order valence-corrected chi connectivity index (χ4v) is 0.674. The van der Waals surface area contributed by atoms with E-state index in [1.165, 1.54) is 13.8 Å². The van der Waals surface area contributed by atoms with Crippen LogP contribution in [0.25, 0.3) is 0 Å². The van der Waals surface area contributed by atoms with E-state index in [0.717, 1.165) is 0 Å². The summed E-state index contributed by atoms with van der Waals surface area (Å²) in [6.45, 7) is 0.151. The van der Waals surface area contributed by atoms with Crippen molar-refractivity contribution < 1.29 is 45.0 Å². The van der Waals surface area contributed by atoms with Crippen LogP contribution in [-0.4, -0.2) is 36.9 Å². The predicted molar refractivity (Wildman–Crippen MR) is 43.5 cm³/mol. The van der Waals surface area contributed by atoms with Crippen molar-refractivity contribution in [3.8, 4) is 0 Å². The van der Waals surface area contributed by atoms with Gasteiger partial charge in [-0.1, -0.05) is 0 Å². The summed E-state index contributed by atoms with van der Waals surface area (Å²) in [6, 6.07) is 0. The molecular weight excluding hydrogens is 277 g/mol. The fourth-order valence-electron chi connectivity index (χ4n) is 0.674. The maximum Gasteiger partial charge on any atom is 0.508 e. The van der Waals surface area contributed by atoms with Crippen LogP contribution in [0, 0.1) is 0 Å². The number of hydrogen-bond donors (Lipinski definition) is 0. The number of halogens is 7. The zero-order valence-electron chi connectivity index (χ0n) is 9.15. The molecule has 0 saturated carbocycles. The molecule has 0 atom stereocenters. The summed E-state index contributed by atoms with van der Waals surface area (Å²) in [5.74, 6) is -11.9. The average Bonchev–Trinajstić information content (AvgIpc) is 2.11. The van der Waals surface area contributed by atoms with Gasteiger partial charge in [0.15, 0.2) is 6.61 Å². The molecule has 0 bridgehead atoms. The standard InChI is InChI=1S/C8H9F7O3/c1-4(2)18-5(16)17-3-6(9,10)7(11,12)8(13,14)15/h4H,3H2,1-2H3. The Bertz CT molecular complexity index is 298. The lowest BCUT2D eigenvalue weighted by Gasteiger charge is -2.27. The molecule has 3 nitrogen and oxygen atoms in total. The van der Waals surface area contributed by atoms with Crippen molar-refractivity contribution in [3.05, 3.63) is 0 Å². The largest absolute Gasteiger partial charge is 0.508 e. The molecule has 0 aliphatic carbocycles. The summed E-state index contributed by atoms with van der Waals surface area (Å²) < 4.78 is 92.4. The molecule has 0 heterocycles. The van der Waals surface area contributed by atoms with E-state index in [1.807, 2.05) is 0 Å². The van der Waals surface area contributed by atoms with Gasteiger partial charge in [0.2, 0.25) is 0 Å². The number of carbonyl (C=O) groups is 1. The first kappa shape index (κ1) is 16.8. The Morgan fingerprint density at radius 3 is 1.83 bits per heavy atom. The van der Waals surface area contributed by atoms with Crippen LogP contribution in [0.3, 0.4) is 0 Å². The van der Waals surface area contributed by atoms with Crippen LogP contribution in [-0.2, 0) is 9.47 Å². The second-order valence-corrected chi connectivity index (χ2v) is 3.48. The van der Waals surface area contributed by atoms with Crippen LogP contribution in [0.4, 0.5) is 35.5 Å². The molecule has 0 unspecified atom stereocenters. The molecule has 0 rings (SSSR count). The summed E-state index contributed by atoms with van der Waals surface area (Å²) in [5, 5.41) is 0. The molecule has 0 N–H and O–H groups in total. The molecule has 18 heavy (non-hydrogen) atoms. The number of carbonyl (C=O) groups excluding carboxylic acids is 1. The van der Waals surface area contributed by atoms with E-state index in [-0.39, 0.29) is 0 Å². The second-order valence-electron chi connectivity index (χ2n) is 3.48. The highest BCUT2D eigenvalue weighted by Crippen LogP contribution is 2.46. The van der Waals surface area contributed by atoms with Crippen LogP contribution >= 0.6 is 0 Å². The Balaban J connectivity index is 4.62. The summed E-state index contributed by atoms with van der Waals surface area (Å²) in [6.07, 6.45) is -9.01. The minimum atomic E-state index is -6.46. The first-order valence-corrected chi connectivity index (χ1v) is 4.47. The van der Waals surface area contributed by atoms with Crippen molar-refractivity contribution in [2.24, 2.45) is 0 Å². The summed E-state index contributed by atoms with van der Waals surface area (Å²) >= 11 is 0. The van der Waals surface area contributed by atoms with Gasteiger partial charge in [-0.25, -0.2) is 4.79 Å². The number of ether oxygens (including phenoxy) is 2. The zero-order valence-corrected chi connectivity index (χ0v) is 9.15. The highest BCUT2D eigenvalue weighted by Gasteiger charge is 2.73. The number of rotatable bonds is 4. The van der Waals surface area contributed by atoms with Crippen molar-refractivity contribution in [1.82, 2.24) is 0 Å². The maximum absolute atomic E-state index is 12.6. The van der Waals surface area contributed by atoms with Gasteiger partial charge in [0, 0.05) is 0 Å². The SMILES string of the molecule is CC(C)OC(=O)OCC(F)(F)C(F)(F)C(F)(F)F.